The Morgan fingerprint density at radius 1 is 1.13 bits per heavy atom. The van der Waals surface area contributed by atoms with Crippen LogP contribution in [0.4, 0.5) is 0 Å². The predicted molar refractivity (Wildman–Crippen MR) is 92.4 cm³/mol. The fraction of sp³-hybridized carbons (Fsp3) is 0.250. The third-order valence-corrected chi connectivity index (χ3v) is 4.10. The van der Waals surface area contributed by atoms with Gasteiger partial charge >= 0.3 is 0 Å². The number of rotatable bonds is 5. The Labute approximate surface area is 137 Å². The molecule has 0 aromatic heterocycles. The number of carbonyl (C=O) groups is 1. The van der Waals surface area contributed by atoms with Crippen molar-refractivity contribution in [1.29, 1.82) is 0 Å². The number of amides is 1. The Balaban J connectivity index is 1.83. The summed E-state index contributed by atoms with van der Waals surface area (Å²) in [6, 6.07) is 15.6. The number of carbonyl (C=O) groups excluding carboxylic acids is 1. The summed E-state index contributed by atoms with van der Waals surface area (Å²) >= 11 is 0. The Hall–Kier alpha value is -2.55. The zero-order chi connectivity index (χ0) is 16.1. The van der Waals surface area contributed by atoms with Crippen molar-refractivity contribution < 1.29 is 9.53 Å². The highest BCUT2D eigenvalue weighted by Gasteiger charge is 2.22. The van der Waals surface area contributed by atoms with E-state index < -0.39 is 0 Å². The van der Waals surface area contributed by atoms with E-state index in [1.54, 1.807) is 6.08 Å². The van der Waals surface area contributed by atoms with Crippen LogP contribution in [0.25, 0.3) is 6.08 Å². The van der Waals surface area contributed by atoms with Gasteiger partial charge in [-0.1, -0.05) is 49.1 Å². The number of ether oxygens (including phenoxy) is 1. The molecule has 3 nitrogen and oxygen atoms in total. The summed E-state index contributed by atoms with van der Waals surface area (Å²) in [4.78, 5) is 14.6. The van der Waals surface area contributed by atoms with Crippen LogP contribution in [0.2, 0.25) is 0 Å². The van der Waals surface area contributed by atoms with Gasteiger partial charge in [0.25, 0.3) is 5.91 Å². The molecule has 1 saturated heterocycles. The first-order valence-corrected chi connectivity index (χ1v) is 8.00. The summed E-state index contributed by atoms with van der Waals surface area (Å²) in [7, 11) is 0. The molecule has 3 heteroatoms. The van der Waals surface area contributed by atoms with E-state index in [4.69, 9.17) is 4.74 Å². The van der Waals surface area contributed by atoms with Crippen LogP contribution in [0.1, 0.15) is 34.3 Å². The SMILES string of the molecule is C=Cc1ccc(C(=O)N2CCCC2)c(OCc2ccccc2)c1. The van der Waals surface area contributed by atoms with Crippen LogP contribution in [-0.4, -0.2) is 23.9 Å². The number of nitrogens with zero attached hydrogens (tertiary/aromatic N) is 1. The van der Waals surface area contributed by atoms with E-state index in [0.717, 1.165) is 37.1 Å². The molecule has 0 spiro atoms. The van der Waals surface area contributed by atoms with Gasteiger partial charge in [-0.3, -0.25) is 4.79 Å². The summed E-state index contributed by atoms with van der Waals surface area (Å²) < 4.78 is 5.95. The monoisotopic (exact) mass is 307 g/mol. The highest BCUT2D eigenvalue weighted by atomic mass is 16.5. The minimum absolute atomic E-state index is 0.0566. The standard InChI is InChI=1S/C20H21NO2/c1-2-16-10-11-18(20(22)21-12-6-7-13-21)19(14-16)23-15-17-8-4-3-5-9-17/h2-5,8-11,14H,1,6-7,12-13,15H2. The van der Waals surface area contributed by atoms with Crippen LogP contribution in [0, 0.1) is 0 Å². The van der Waals surface area contributed by atoms with E-state index in [-0.39, 0.29) is 5.91 Å². The molecule has 118 valence electrons. The molecule has 0 unspecified atom stereocenters. The van der Waals surface area contributed by atoms with Gasteiger partial charge in [0.1, 0.15) is 12.4 Å². The summed E-state index contributed by atoms with van der Waals surface area (Å²) in [6.07, 6.45) is 3.92. The van der Waals surface area contributed by atoms with Crippen molar-refractivity contribution in [2.45, 2.75) is 19.4 Å². The van der Waals surface area contributed by atoms with E-state index in [2.05, 4.69) is 6.58 Å². The van der Waals surface area contributed by atoms with Gasteiger partial charge in [0.05, 0.1) is 5.56 Å². The van der Waals surface area contributed by atoms with Crippen molar-refractivity contribution >= 4 is 12.0 Å². The van der Waals surface area contributed by atoms with Gasteiger partial charge in [-0.05, 0) is 36.1 Å². The van der Waals surface area contributed by atoms with Gasteiger partial charge in [-0.2, -0.15) is 0 Å². The summed E-state index contributed by atoms with van der Waals surface area (Å²) in [5, 5.41) is 0. The van der Waals surface area contributed by atoms with E-state index in [0.29, 0.717) is 17.9 Å². The molecule has 2 aromatic rings. The molecule has 1 fully saturated rings. The molecule has 2 aromatic carbocycles. The number of likely N-dealkylation sites (tertiary alicyclic amines) is 1. The fourth-order valence-electron chi connectivity index (χ4n) is 2.79. The maximum atomic E-state index is 12.7. The lowest BCUT2D eigenvalue weighted by Crippen LogP contribution is -2.28. The Bertz CT molecular complexity index is 688. The van der Waals surface area contributed by atoms with Crippen molar-refractivity contribution in [3.63, 3.8) is 0 Å². The first-order valence-electron chi connectivity index (χ1n) is 8.00. The van der Waals surface area contributed by atoms with Crippen LogP contribution in [0.5, 0.6) is 5.75 Å². The molecular formula is C20H21NO2. The molecule has 1 aliphatic heterocycles. The van der Waals surface area contributed by atoms with Gasteiger partial charge in [0.2, 0.25) is 0 Å². The summed E-state index contributed by atoms with van der Waals surface area (Å²) in [6.45, 7) is 5.90. The second-order valence-corrected chi connectivity index (χ2v) is 5.73. The number of hydrogen-bond donors (Lipinski definition) is 0. The van der Waals surface area contributed by atoms with Gasteiger partial charge in [-0.25, -0.2) is 0 Å². The maximum Gasteiger partial charge on any atom is 0.257 e. The summed E-state index contributed by atoms with van der Waals surface area (Å²) in [5.41, 5.74) is 2.66. The van der Waals surface area contributed by atoms with E-state index in [1.807, 2.05) is 53.4 Å². The molecule has 0 N–H and O–H groups in total. The van der Waals surface area contributed by atoms with Crippen molar-refractivity contribution in [1.82, 2.24) is 4.90 Å². The van der Waals surface area contributed by atoms with Gasteiger partial charge < -0.3 is 9.64 Å². The minimum atomic E-state index is 0.0566. The second-order valence-electron chi connectivity index (χ2n) is 5.73. The fourth-order valence-corrected chi connectivity index (χ4v) is 2.79. The molecule has 23 heavy (non-hydrogen) atoms. The average Bonchev–Trinajstić information content (AvgIpc) is 3.14. The largest absolute Gasteiger partial charge is 0.488 e. The molecule has 0 aliphatic carbocycles. The van der Waals surface area contributed by atoms with Gasteiger partial charge in [0.15, 0.2) is 0 Å². The maximum absolute atomic E-state index is 12.7. The van der Waals surface area contributed by atoms with E-state index in [1.165, 1.54) is 0 Å². The second kappa shape index (κ2) is 7.14. The van der Waals surface area contributed by atoms with Crippen molar-refractivity contribution in [2.75, 3.05) is 13.1 Å². The Morgan fingerprint density at radius 2 is 1.87 bits per heavy atom. The third-order valence-electron chi connectivity index (χ3n) is 4.10. The molecule has 1 amide bonds. The third kappa shape index (κ3) is 3.62. The van der Waals surface area contributed by atoms with Crippen LogP contribution in [0.3, 0.4) is 0 Å². The normalized spacial score (nSPS) is 13.8. The lowest BCUT2D eigenvalue weighted by atomic mass is 10.1. The quantitative estimate of drug-likeness (QED) is 0.830. The van der Waals surface area contributed by atoms with Crippen molar-refractivity contribution in [2.24, 2.45) is 0 Å². The highest BCUT2D eigenvalue weighted by molar-refractivity contribution is 5.97. The van der Waals surface area contributed by atoms with Crippen LogP contribution in [0.15, 0.2) is 55.1 Å². The van der Waals surface area contributed by atoms with Gasteiger partial charge in [0, 0.05) is 13.1 Å². The van der Waals surface area contributed by atoms with Crippen LogP contribution >= 0.6 is 0 Å². The number of hydrogen-bond acceptors (Lipinski definition) is 2. The lowest BCUT2D eigenvalue weighted by Gasteiger charge is -2.18. The van der Waals surface area contributed by atoms with E-state index in [9.17, 15) is 4.79 Å². The molecule has 3 rings (SSSR count). The summed E-state index contributed by atoms with van der Waals surface area (Å²) in [5.74, 6) is 0.685. The zero-order valence-electron chi connectivity index (χ0n) is 13.2. The molecule has 0 saturated carbocycles. The van der Waals surface area contributed by atoms with Crippen molar-refractivity contribution in [3.05, 3.63) is 71.8 Å². The number of benzene rings is 2. The smallest absolute Gasteiger partial charge is 0.257 e. The zero-order valence-corrected chi connectivity index (χ0v) is 13.2. The Kier molecular flexibility index (Phi) is 4.77. The van der Waals surface area contributed by atoms with Crippen LogP contribution in [-0.2, 0) is 6.61 Å². The minimum Gasteiger partial charge on any atom is -0.488 e. The molecule has 1 heterocycles. The first-order chi connectivity index (χ1) is 11.3. The Morgan fingerprint density at radius 3 is 2.57 bits per heavy atom. The molecule has 1 aliphatic rings. The molecular weight excluding hydrogens is 286 g/mol. The first kappa shape index (κ1) is 15.3. The predicted octanol–water partition coefficient (Wildman–Crippen LogP) is 4.14. The highest BCUT2D eigenvalue weighted by Crippen LogP contribution is 2.25. The van der Waals surface area contributed by atoms with Gasteiger partial charge in [-0.15, -0.1) is 0 Å². The van der Waals surface area contributed by atoms with Crippen LogP contribution < -0.4 is 4.74 Å². The molecule has 0 atom stereocenters. The molecule has 0 bridgehead atoms. The topological polar surface area (TPSA) is 29.5 Å². The van der Waals surface area contributed by atoms with Crippen molar-refractivity contribution in [3.8, 4) is 5.75 Å². The molecule has 0 radical (unpaired) electrons. The van der Waals surface area contributed by atoms with E-state index >= 15 is 0 Å². The average molecular weight is 307 g/mol. The lowest BCUT2D eigenvalue weighted by molar-refractivity contribution is 0.0788.